The van der Waals surface area contributed by atoms with Gasteiger partial charge in [0.05, 0.1) is 6.54 Å². The smallest absolute Gasteiger partial charge is 0.253 e. The van der Waals surface area contributed by atoms with Crippen LogP contribution in [0.3, 0.4) is 0 Å². The van der Waals surface area contributed by atoms with Crippen molar-refractivity contribution in [3.8, 4) is 12.3 Å². The molecule has 0 aliphatic heterocycles. The van der Waals surface area contributed by atoms with Crippen LogP contribution in [-0.2, 0) is 9.53 Å². The molecule has 0 spiro atoms. The maximum absolute atomic E-state index is 11.9. The first kappa shape index (κ1) is 12.0. The summed E-state index contributed by atoms with van der Waals surface area (Å²) >= 11 is 0. The molecule has 1 aliphatic rings. The summed E-state index contributed by atoms with van der Waals surface area (Å²) in [7, 11) is 1.49. The number of carbonyl (C=O) groups is 1. The zero-order valence-electron chi connectivity index (χ0n) is 9.11. The van der Waals surface area contributed by atoms with E-state index in [1.54, 1.807) is 4.90 Å². The Hall–Kier alpha value is -1.05. The number of ether oxygens (including phenoxy) is 1. The lowest BCUT2D eigenvalue weighted by molar-refractivity contribution is -0.140. The summed E-state index contributed by atoms with van der Waals surface area (Å²) in [5.74, 6) is 3.02. The number of nitrogens with two attached hydrogens (primary N) is 1. The SMILES string of the molecule is C#CCN(CC1CC1)C(=O)C(CN)OC. The van der Waals surface area contributed by atoms with Gasteiger partial charge in [-0.15, -0.1) is 6.42 Å². The van der Waals surface area contributed by atoms with Gasteiger partial charge < -0.3 is 15.4 Å². The zero-order chi connectivity index (χ0) is 11.3. The molecule has 4 heteroatoms. The predicted molar refractivity (Wildman–Crippen MR) is 58.0 cm³/mol. The minimum absolute atomic E-state index is 0.0927. The van der Waals surface area contributed by atoms with Crippen molar-refractivity contribution in [1.82, 2.24) is 4.90 Å². The fourth-order valence-corrected chi connectivity index (χ4v) is 1.46. The van der Waals surface area contributed by atoms with Crippen LogP contribution in [0.25, 0.3) is 0 Å². The average Bonchev–Trinajstić information content (AvgIpc) is 3.03. The van der Waals surface area contributed by atoms with Gasteiger partial charge in [-0.05, 0) is 18.8 Å². The van der Waals surface area contributed by atoms with Crippen molar-refractivity contribution in [2.75, 3.05) is 26.7 Å². The molecule has 1 unspecified atom stereocenters. The van der Waals surface area contributed by atoms with Gasteiger partial charge in [0, 0.05) is 20.2 Å². The van der Waals surface area contributed by atoms with Gasteiger partial charge in [-0.25, -0.2) is 0 Å². The maximum atomic E-state index is 11.9. The molecule has 4 nitrogen and oxygen atoms in total. The zero-order valence-corrected chi connectivity index (χ0v) is 9.11. The van der Waals surface area contributed by atoms with Crippen molar-refractivity contribution < 1.29 is 9.53 Å². The Morgan fingerprint density at radius 2 is 2.40 bits per heavy atom. The third-order valence-corrected chi connectivity index (χ3v) is 2.54. The summed E-state index contributed by atoms with van der Waals surface area (Å²) in [6, 6.07) is 0. The molecule has 15 heavy (non-hydrogen) atoms. The average molecular weight is 210 g/mol. The number of carbonyl (C=O) groups excluding carboxylic acids is 1. The van der Waals surface area contributed by atoms with Crippen molar-refractivity contribution in [3.05, 3.63) is 0 Å². The van der Waals surface area contributed by atoms with Gasteiger partial charge in [0.2, 0.25) is 0 Å². The van der Waals surface area contributed by atoms with Gasteiger partial charge in [0.15, 0.2) is 0 Å². The minimum atomic E-state index is -0.558. The molecule has 0 radical (unpaired) electrons. The number of hydrogen-bond donors (Lipinski definition) is 1. The van der Waals surface area contributed by atoms with E-state index in [-0.39, 0.29) is 12.5 Å². The second kappa shape index (κ2) is 5.74. The Bertz CT molecular complexity index is 252. The molecule has 1 amide bonds. The summed E-state index contributed by atoms with van der Waals surface area (Å²) in [5.41, 5.74) is 5.44. The molecule has 0 aromatic carbocycles. The van der Waals surface area contributed by atoms with Crippen LogP contribution in [0.5, 0.6) is 0 Å². The molecule has 0 aromatic rings. The van der Waals surface area contributed by atoms with Crippen LogP contribution in [0.2, 0.25) is 0 Å². The van der Waals surface area contributed by atoms with E-state index in [1.165, 1.54) is 20.0 Å². The molecule has 0 heterocycles. The standard InChI is InChI=1S/C11H18N2O2/c1-3-6-13(8-9-4-5-9)11(14)10(7-12)15-2/h1,9-10H,4-8,12H2,2H3. The summed E-state index contributed by atoms with van der Waals surface area (Å²) in [6.07, 6.45) is 7.05. The van der Waals surface area contributed by atoms with Crippen LogP contribution in [0.4, 0.5) is 0 Å². The number of rotatable bonds is 6. The molecule has 1 saturated carbocycles. The monoisotopic (exact) mass is 210 g/mol. The van der Waals surface area contributed by atoms with Crippen LogP contribution in [-0.4, -0.2) is 43.7 Å². The Morgan fingerprint density at radius 1 is 1.73 bits per heavy atom. The molecule has 84 valence electrons. The number of nitrogens with zero attached hydrogens (tertiary/aromatic N) is 1. The van der Waals surface area contributed by atoms with E-state index >= 15 is 0 Å². The van der Waals surface area contributed by atoms with E-state index in [0.717, 1.165) is 6.54 Å². The fourth-order valence-electron chi connectivity index (χ4n) is 1.46. The first-order valence-corrected chi connectivity index (χ1v) is 5.18. The normalized spacial score (nSPS) is 16.9. The first-order valence-electron chi connectivity index (χ1n) is 5.18. The van der Waals surface area contributed by atoms with Crippen LogP contribution >= 0.6 is 0 Å². The van der Waals surface area contributed by atoms with E-state index in [4.69, 9.17) is 16.9 Å². The number of methoxy groups -OCH3 is 1. The van der Waals surface area contributed by atoms with Gasteiger partial charge in [-0.2, -0.15) is 0 Å². The van der Waals surface area contributed by atoms with Gasteiger partial charge in [0.25, 0.3) is 5.91 Å². The highest BCUT2D eigenvalue weighted by molar-refractivity contribution is 5.81. The summed E-state index contributed by atoms with van der Waals surface area (Å²) in [4.78, 5) is 13.5. The lowest BCUT2D eigenvalue weighted by Gasteiger charge is -2.24. The predicted octanol–water partition coefficient (Wildman–Crippen LogP) is -0.168. The highest BCUT2D eigenvalue weighted by Crippen LogP contribution is 2.29. The van der Waals surface area contributed by atoms with Gasteiger partial charge in [0.1, 0.15) is 6.10 Å². The third kappa shape index (κ3) is 3.54. The van der Waals surface area contributed by atoms with Crippen LogP contribution in [0, 0.1) is 18.3 Å². The lowest BCUT2D eigenvalue weighted by atomic mass is 10.2. The Labute approximate surface area is 90.8 Å². The molecule has 0 saturated heterocycles. The van der Waals surface area contributed by atoms with E-state index in [2.05, 4.69) is 5.92 Å². The molecular formula is C11H18N2O2. The summed E-state index contributed by atoms with van der Waals surface area (Å²) in [5, 5.41) is 0. The van der Waals surface area contributed by atoms with Crippen LogP contribution < -0.4 is 5.73 Å². The molecule has 0 aromatic heterocycles. The molecule has 1 fully saturated rings. The van der Waals surface area contributed by atoms with Gasteiger partial charge in [-0.1, -0.05) is 5.92 Å². The molecule has 1 atom stereocenters. The minimum Gasteiger partial charge on any atom is -0.370 e. The Morgan fingerprint density at radius 3 is 2.80 bits per heavy atom. The molecule has 2 N–H and O–H groups in total. The van der Waals surface area contributed by atoms with Crippen molar-refractivity contribution in [2.24, 2.45) is 11.7 Å². The van der Waals surface area contributed by atoms with Crippen molar-refractivity contribution in [3.63, 3.8) is 0 Å². The second-order valence-electron chi connectivity index (χ2n) is 3.83. The van der Waals surface area contributed by atoms with Gasteiger partial charge in [-0.3, -0.25) is 4.79 Å². The first-order chi connectivity index (χ1) is 7.22. The number of terminal acetylenes is 1. The Kier molecular flexibility index (Phi) is 4.60. The van der Waals surface area contributed by atoms with Crippen molar-refractivity contribution >= 4 is 5.91 Å². The van der Waals surface area contributed by atoms with E-state index in [0.29, 0.717) is 12.5 Å². The van der Waals surface area contributed by atoms with Crippen molar-refractivity contribution in [2.45, 2.75) is 18.9 Å². The molecular weight excluding hydrogens is 192 g/mol. The van der Waals surface area contributed by atoms with E-state index < -0.39 is 6.10 Å². The molecule has 0 bridgehead atoms. The highest BCUT2D eigenvalue weighted by Gasteiger charge is 2.29. The largest absolute Gasteiger partial charge is 0.370 e. The van der Waals surface area contributed by atoms with E-state index in [1.807, 2.05) is 0 Å². The van der Waals surface area contributed by atoms with Crippen LogP contribution in [0.1, 0.15) is 12.8 Å². The molecule has 1 rings (SSSR count). The lowest BCUT2D eigenvalue weighted by Crippen LogP contribution is -2.44. The quantitative estimate of drug-likeness (QED) is 0.619. The summed E-state index contributed by atoms with van der Waals surface area (Å²) < 4.78 is 5.01. The number of hydrogen-bond acceptors (Lipinski definition) is 3. The second-order valence-corrected chi connectivity index (χ2v) is 3.83. The molecule has 1 aliphatic carbocycles. The van der Waals surface area contributed by atoms with Crippen LogP contribution in [0.15, 0.2) is 0 Å². The van der Waals surface area contributed by atoms with Crippen molar-refractivity contribution in [1.29, 1.82) is 0 Å². The van der Waals surface area contributed by atoms with Gasteiger partial charge >= 0.3 is 0 Å². The fraction of sp³-hybridized carbons (Fsp3) is 0.727. The Balaban J connectivity index is 2.52. The van der Waals surface area contributed by atoms with E-state index in [9.17, 15) is 4.79 Å². The summed E-state index contributed by atoms with van der Waals surface area (Å²) in [6.45, 7) is 1.28. The maximum Gasteiger partial charge on any atom is 0.253 e. The topological polar surface area (TPSA) is 55.6 Å². The third-order valence-electron chi connectivity index (χ3n) is 2.54. The number of amides is 1. The highest BCUT2D eigenvalue weighted by atomic mass is 16.5.